The maximum absolute atomic E-state index is 9.35. The van der Waals surface area contributed by atoms with Crippen LogP contribution in [0.3, 0.4) is 0 Å². The van der Waals surface area contributed by atoms with Crippen molar-refractivity contribution < 1.29 is 10.2 Å². The van der Waals surface area contributed by atoms with Gasteiger partial charge in [-0.1, -0.05) is 17.0 Å². The maximum atomic E-state index is 9.35. The van der Waals surface area contributed by atoms with E-state index in [1.165, 1.54) is 18.2 Å². The Labute approximate surface area is 86.6 Å². The maximum Gasteiger partial charge on any atom is 0.134 e. The van der Waals surface area contributed by atoms with Gasteiger partial charge in [-0.3, -0.25) is 0 Å². The normalized spacial score (nSPS) is 8.53. The minimum atomic E-state index is -0.0636. The Bertz CT molecular complexity index is 453. The molecule has 2 N–H and O–H groups in total. The van der Waals surface area contributed by atoms with E-state index in [0.717, 1.165) is 0 Å². The molecule has 0 heterocycles. The fourth-order valence-corrected chi connectivity index (χ4v) is 0.934. The predicted octanol–water partition coefficient (Wildman–Crippen LogP) is 2.15. The van der Waals surface area contributed by atoms with Gasteiger partial charge in [-0.05, 0) is 17.7 Å². The first-order chi connectivity index (χ1) is 7.24. The van der Waals surface area contributed by atoms with Crippen LogP contribution in [-0.4, -0.2) is 16.8 Å². The molecule has 0 atom stereocenters. The van der Waals surface area contributed by atoms with Gasteiger partial charge in [0.05, 0.1) is 5.56 Å². The third kappa shape index (κ3) is 3.51. The number of phenolic OH excluding ortho intramolecular Hbond substituents is 2. The van der Waals surface area contributed by atoms with Crippen molar-refractivity contribution in [3.63, 3.8) is 0 Å². The molecule has 0 bridgehead atoms. The van der Waals surface area contributed by atoms with Crippen LogP contribution in [0.15, 0.2) is 23.3 Å². The number of hydrogen-bond acceptors (Lipinski definition) is 3. The van der Waals surface area contributed by atoms with Gasteiger partial charge in [0.25, 0.3) is 0 Å². The lowest BCUT2D eigenvalue weighted by molar-refractivity contribution is 0.449. The van der Waals surface area contributed by atoms with Crippen molar-refractivity contribution in [3.05, 3.63) is 34.2 Å². The number of nitrogens with zero attached hydrogens (tertiary/aromatic N) is 3. The smallest absolute Gasteiger partial charge is 0.134 e. The largest absolute Gasteiger partial charge is 0.508 e. The molecule has 0 fully saturated rings. The molecule has 0 spiro atoms. The lowest BCUT2D eigenvalue weighted by atomic mass is 10.2. The summed E-state index contributed by atoms with van der Waals surface area (Å²) in [5.41, 5.74) is 8.44. The number of phenols is 2. The number of azide groups is 1. The number of benzene rings is 1. The predicted molar refractivity (Wildman–Crippen MR) is 55.3 cm³/mol. The van der Waals surface area contributed by atoms with Gasteiger partial charge < -0.3 is 10.2 Å². The lowest BCUT2D eigenvalue weighted by Gasteiger charge is -1.96. The second kappa shape index (κ2) is 5.43. The van der Waals surface area contributed by atoms with E-state index in [2.05, 4.69) is 21.9 Å². The second-order valence-electron chi connectivity index (χ2n) is 2.71. The van der Waals surface area contributed by atoms with Crippen molar-refractivity contribution >= 4 is 0 Å². The first kappa shape index (κ1) is 10.8. The lowest BCUT2D eigenvalue weighted by Crippen LogP contribution is -1.77. The first-order valence-electron chi connectivity index (χ1n) is 4.26. The Kier molecular flexibility index (Phi) is 3.90. The summed E-state index contributed by atoms with van der Waals surface area (Å²) < 4.78 is 0. The molecule has 0 saturated heterocycles. The topological polar surface area (TPSA) is 89.2 Å². The molecule has 76 valence electrons. The highest BCUT2D eigenvalue weighted by atomic mass is 16.3. The van der Waals surface area contributed by atoms with Crippen LogP contribution in [0.1, 0.15) is 12.0 Å². The average Bonchev–Trinajstić information content (AvgIpc) is 2.20. The van der Waals surface area contributed by atoms with Gasteiger partial charge in [-0.15, -0.1) is 0 Å². The Morgan fingerprint density at radius 1 is 1.40 bits per heavy atom. The van der Waals surface area contributed by atoms with Gasteiger partial charge in [0.2, 0.25) is 0 Å². The summed E-state index contributed by atoms with van der Waals surface area (Å²) in [5.74, 6) is 5.37. The summed E-state index contributed by atoms with van der Waals surface area (Å²) in [6, 6.07) is 4.18. The van der Waals surface area contributed by atoms with Crippen molar-refractivity contribution in [1.29, 1.82) is 0 Å². The highest BCUT2D eigenvalue weighted by Gasteiger charge is 1.97. The SMILES string of the molecule is [N-]=[N+]=NCCC#Cc1ccc(O)cc1O. The molecule has 1 aromatic rings. The Morgan fingerprint density at radius 3 is 2.87 bits per heavy atom. The third-order valence-electron chi connectivity index (χ3n) is 1.60. The van der Waals surface area contributed by atoms with Gasteiger partial charge in [-0.25, -0.2) is 0 Å². The van der Waals surface area contributed by atoms with Crippen LogP contribution in [-0.2, 0) is 0 Å². The van der Waals surface area contributed by atoms with E-state index < -0.39 is 0 Å². The molecule has 0 radical (unpaired) electrons. The summed E-state index contributed by atoms with van der Waals surface area (Å²) >= 11 is 0. The molecule has 15 heavy (non-hydrogen) atoms. The summed E-state index contributed by atoms with van der Waals surface area (Å²) in [7, 11) is 0. The van der Waals surface area contributed by atoms with Gasteiger partial charge in [0, 0.05) is 23.9 Å². The van der Waals surface area contributed by atoms with Crippen molar-refractivity contribution in [1.82, 2.24) is 0 Å². The zero-order valence-electron chi connectivity index (χ0n) is 7.88. The molecule has 0 aliphatic heterocycles. The standard InChI is InChI=1S/C10H9N3O2/c11-13-12-6-2-1-3-8-4-5-9(14)7-10(8)15/h4-5,7,14-15H,2,6H2. The van der Waals surface area contributed by atoms with E-state index in [9.17, 15) is 5.11 Å². The Morgan fingerprint density at radius 2 is 2.20 bits per heavy atom. The number of hydrogen-bond donors (Lipinski definition) is 2. The first-order valence-corrected chi connectivity index (χ1v) is 4.26. The molecule has 0 aliphatic rings. The minimum absolute atomic E-state index is 0.00729. The molecule has 5 heteroatoms. The molecule has 0 aromatic heterocycles. The molecular formula is C10H9N3O2. The van der Waals surface area contributed by atoms with E-state index in [-0.39, 0.29) is 11.5 Å². The molecular weight excluding hydrogens is 194 g/mol. The molecule has 1 rings (SSSR count). The van der Waals surface area contributed by atoms with E-state index in [4.69, 9.17) is 10.6 Å². The van der Waals surface area contributed by atoms with E-state index >= 15 is 0 Å². The fourth-order valence-electron chi connectivity index (χ4n) is 0.934. The van der Waals surface area contributed by atoms with Crippen LogP contribution in [0, 0.1) is 11.8 Å². The van der Waals surface area contributed by atoms with Crippen LogP contribution in [0.5, 0.6) is 11.5 Å². The van der Waals surface area contributed by atoms with E-state index in [1.807, 2.05) is 0 Å². The van der Waals surface area contributed by atoms with Crippen LogP contribution in [0.4, 0.5) is 0 Å². The van der Waals surface area contributed by atoms with Crippen LogP contribution < -0.4 is 0 Å². The number of rotatable bonds is 2. The van der Waals surface area contributed by atoms with Gasteiger partial charge >= 0.3 is 0 Å². The van der Waals surface area contributed by atoms with Gasteiger partial charge in [-0.2, -0.15) is 0 Å². The fraction of sp³-hybridized carbons (Fsp3) is 0.200. The Hall–Kier alpha value is -2.31. The molecule has 0 aliphatic carbocycles. The molecule has 0 amide bonds. The molecule has 0 unspecified atom stereocenters. The Balaban J connectivity index is 2.67. The molecule has 5 nitrogen and oxygen atoms in total. The highest BCUT2D eigenvalue weighted by molar-refractivity contribution is 5.48. The summed E-state index contributed by atoms with van der Waals surface area (Å²) in [6.45, 7) is 0.308. The van der Waals surface area contributed by atoms with Crippen molar-refractivity contribution in [2.45, 2.75) is 6.42 Å². The van der Waals surface area contributed by atoms with Crippen molar-refractivity contribution in [2.24, 2.45) is 5.11 Å². The zero-order valence-corrected chi connectivity index (χ0v) is 7.88. The zero-order chi connectivity index (χ0) is 11.1. The summed E-state index contributed by atoms with van der Waals surface area (Å²) in [6.07, 6.45) is 0.435. The van der Waals surface area contributed by atoms with E-state index in [0.29, 0.717) is 18.5 Å². The van der Waals surface area contributed by atoms with Crippen molar-refractivity contribution in [3.8, 4) is 23.3 Å². The summed E-state index contributed by atoms with van der Waals surface area (Å²) in [5, 5.41) is 21.7. The van der Waals surface area contributed by atoms with Gasteiger partial charge in [0.1, 0.15) is 11.5 Å². The quantitative estimate of drug-likeness (QED) is 0.253. The van der Waals surface area contributed by atoms with Crippen LogP contribution in [0.25, 0.3) is 10.4 Å². The monoisotopic (exact) mass is 203 g/mol. The second-order valence-corrected chi connectivity index (χ2v) is 2.71. The minimum Gasteiger partial charge on any atom is -0.508 e. The van der Waals surface area contributed by atoms with Gasteiger partial charge in [0.15, 0.2) is 0 Å². The average molecular weight is 203 g/mol. The van der Waals surface area contributed by atoms with E-state index in [1.54, 1.807) is 0 Å². The molecule has 1 aromatic carbocycles. The summed E-state index contributed by atoms with van der Waals surface area (Å²) in [4.78, 5) is 2.58. The number of aromatic hydroxyl groups is 2. The third-order valence-corrected chi connectivity index (χ3v) is 1.60. The van der Waals surface area contributed by atoms with Crippen LogP contribution in [0.2, 0.25) is 0 Å². The van der Waals surface area contributed by atoms with Crippen molar-refractivity contribution in [2.75, 3.05) is 6.54 Å². The van der Waals surface area contributed by atoms with Crippen LogP contribution >= 0.6 is 0 Å². The molecule has 0 saturated carbocycles. The highest BCUT2D eigenvalue weighted by Crippen LogP contribution is 2.21.